The normalized spacial score (nSPS) is 10.5. The number of benzene rings is 1. The van der Waals surface area contributed by atoms with Crippen LogP contribution in [0.2, 0.25) is 0 Å². The van der Waals surface area contributed by atoms with Crippen LogP contribution in [0.5, 0.6) is 5.75 Å². The number of nitrogens with one attached hydrogen (secondary N) is 1. The summed E-state index contributed by atoms with van der Waals surface area (Å²) in [6.07, 6.45) is 5.43. The molecule has 3 aromatic rings. The highest BCUT2D eigenvalue weighted by Crippen LogP contribution is 2.31. The second-order valence-corrected chi connectivity index (χ2v) is 8.25. The molecule has 0 amide bonds. The molecule has 0 fully saturated rings. The van der Waals surface area contributed by atoms with E-state index in [9.17, 15) is 0 Å². The first-order chi connectivity index (χ1) is 12.7. The van der Waals surface area contributed by atoms with E-state index in [2.05, 4.69) is 37.1 Å². The van der Waals surface area contributed by atoms with Crippen LogP contribution in [0.4, 0.5) is 11.6 Å². The zero-order valence-electron chi connectivity index (χ0n) is 14.6. The molecule has 1 aromatic carbocycles. The molecule has 0 aliphatic heterocycles. The lowest BCUT2D eigenvalue weighted by Crippen LogP contribution is -1.99. The summed E-state index contributed by atoms with van der Waals surface area (Å²) in [5.74, 6) is 3.21. The van der Waals surface area contributed by atoms with Crippen LogP contribution in [0, 0.1) is 3.57 Å². The van der Waals surface area contributed by atoms with Gasteiger partial charge in [0.15, 0.2) is 0 Å². The van der Waals surface area contributed by atoms with Crippen LogP contribution in [0.3, 0.4) is 0 Å². The summed E-state index contributed by atoms with van der Waals surface area (Å²) in [7, 11) is 1.67. The highest BCUT2D eigenvalue weighted by molar-refractivity contribution is 14.2. The monoisotopic (exact) mass is 478 g/mol. The van der Waals surface area contributed by atoms with Gasteiger partial charge in [0.25, 0.3) is 0 Å². The van der Waals surface area contributed by atoms with Crippen LogP contribution < -0.4 is 10.1 Å². The van der Waals surface area contributed by atoms with Crippen LogP contribution in [0.1, 0.15) is 5.56 Å². The van der Waals surface area contributed by atoms with E-state index in [1.807, 2.05) is 30.3 Å². The lowest BCUT2D eigenvalue weighted by molar-refractivity contribution is 0.416. The van der Waals surface area contributed by atoms with Gasteiger partial charge in [-0.3, -0.25) is 0 Å². The van der Waals surface area contributed by atoms with Crippen LogP contribution in [0.15, 0.2) is 48.9 Å². The molecule has 26 heavy (non-hydrogen) atoms. The second kappa shape index (κ2) is 9.09. The number of aromatic nitrogens is 3. The Bertz CT molecular complexity index is 920. The SMILES string of the molecule is C=Ic1ccc(-c2cc(Nc3cc(CSC)ccn3)ncn2)c(OC)c1. The molecule has 0 radical (unpaired) electrons. The van der Waals surface area contributed by atoms with E-state index < -0.39 is 0 Å². The van der Waals surface area contributed by atoms with E-state index in [4.69, 9.17) is 4.74 Å². The Hall–Kier alpha value is -2.00. The number of thioether (sulfide) groups is 1. The summed E-state index contributed by atoms with van der Waals surface area (Å²) >= 11 is 1.55. The van der Waals surface area contributed by atoms with Crippen LogP contribution in [-0.2, 0) is 5.75 Å². The summed E-state index contributed by atoms with van der Waals surface area (Å²) in [6.45, 7) is 0. The highest BCUT2D eigenvalue weighted by Gasteiger charge is 2.10. The number of pyridine rings is 1. The molecule has 2 aromatic heterocycles. The lowest BCUT2D eigenvalue weighted by Gasteiger charge is -2.11. The summed E-state index contributed by atoms with van der Waals surface area (Å²) in [5.41, 5.74) is 2.95. The fourth-order valence-electron chi connectivity index (χ4n) is 2.46. The maximum Gasteiger partial charge on any atom is 0.135 e. The largest absolute Gasteiger partial charge is 0.496 e. The minimum absolute atomic E-state index is 0.229. The zero-order chi connectivity index (χ0) is 18.4. The van der Waals surface area contributed by atoms with Crippen molar-refractivity contribution in [2.24, 2.45) is 0 Å². The first-order valence-electron chi connectivity index (χ1n) is 7.83. The van der Waals surface area contributed by atoms with Crippen molar-refractivity contribution in [1.82, 2.24) is 15.0 Å². The molecule has 0 aliphatic rings. The van der Waals surface area contributed by atoms with Gasteiger partial charge in [0.05, 0.1) is 12.8 Å². The number of halogens is 1. The number of nitrogens with zero attached hydrogens (tertiary/aromatic N) is 3. The third-order valence-corrected chi connectivity index (χ3v) is 5.83. The van der Waals surface area contributed by atoms with Gasteiger partial charge in [0.1, 0.15) is 23.7 Å². The van der Waals surface area contributed by atoms with E-state index in [0.29, 0.717) is 5.82 Å². The van der Waals surface area contributed by atoms with Crippen molar-refractivity contribution in [2.45, 2.75) is 5.75 Å². The molecular formula is C19H19IN4OS. The molecule has 0 atom stereocenters. The number of hydrogen-bond acceptors (Lipinski definition) is 6. The number of rotatable bonds is 7. The molecule has 0 aliphatic carbocycles. The summed E-state index contributed by atoms with van der Waals surface area (Å²) in [5, 5.41) is 3.26. The second-order valence-electron chi connectivity index (χ2n) is 5.37. The topological polar surface area (TPSA) is 59.9 Å². The molecule has 1 N–H and O–H groups in total. The maximum atomic E-state index is 5.54. The Morgan fingerprint density at radius 2 is 1.96 bits per heavy atom. The van der Waals surface area contributed by atoms with Gasteiger partial charge in [-0.05, 0) is 42.2 Å². The molecule has 5 nitrogen and oxygen atoms in total. The van der Waals surface area contributed by atoms with Crippen LogP contribution in [-0.4, -0.2) is 32.8 Å². The van der Waals surface area contributed by atoms with Gasteiger partial charge < -0.3 is 10.1 Å². The molecule has 7 heteroatoms. The summed E-state index contributed by atoms with van der Waals surface area (Å²) in [6, 6.07) is 12.1. The van der Waals surface area contributed by atoms with Crippen molar-refractivity contribution < 1.29 is 4.74 Å². The molecular weight excluding hydrogens is 459 g/mol. The van der Waals surface area contributed by atoms with Crippen LogP contribution in [0.25, 0.3) is 11.3 Å². The Balaban J connectivity index is 1.89. The fourth-order valence-corrected chi connectivity index (χ4v) is 3.91. The Morgan fingerprint density at radius 1 is 1.12 bits per heavy atom. The lowest BCUT2D eigenvalue weighted by atomic mass is 10.1. The molecule has 0 bridgehead atoms. The zero-order valence-corrected chi connectivity index (χ0v) is 17.5. The van der Waals surface area contributed by atoms with E-state index in [0.717, 1.165) is 28.6 Å². The average Bonchev–Trinajstić information content (AvgIpc) is 2.68. The van der Waals surface area contributed by atoms with Gasteiger partial charge in [0.2, 0.25) is 0 Å². The predicted octanol–water partition coefficient (Wildman–Crippen LogP) is 4.73. The summed E-state index contributed by atoms with van der Waals surface area (Å²) < 4.78 is 10.8. The quantitative estimate of drug-likeness (QED) is 0.496. The fraction of sp³-hybridized carbons (Fsp3) is 0.158. The van der Waals surface area contributed by atoms with Crippen molar-refractivity contribution in [1.29, 1.82) is 0 Å². The van der Waals surface area contributed by atoms with E-state index >= 15 is 0 Å². The molecule has 3 rings (SSSR count). The van der Waals surface area contributed by atoms with Crippen molar-refractivity contribution in [3.05, 3.63) is 58.1 Å². The highest BCUT2D eigenvalue weighted by atomic mass is 127. The molecule has 2 heterocycles. The van der Waals surface area contributed by atoms with E-state index in [1.165, 1.54) is 9.13 Å². The Labute approximate surface area is 167 Å². The van der Waals surface area contributed by atoms with Gasteiger partial charge in [-0.25, -0.2) is 15.0 Å². The van der Waals surface area contributed by atoms with Crippen molar-refractivity contribution in [3.8, 4) is 17.0 Å². The third kappa shape index (κ3) is 4.59. The molecule has 0 saturated heterocycles. The Kier molecular flexibility index (Phi) is 6.56. The maximum absolute atomic E-state index is 5.54. The van der Waals surface area contributed by atoms with E-state index in [1.54, 1.807) is 31.4 Å². The van der Waals surface area contributed by atoms with Gasteiger partial charge in [-0.15, -0.1) is 0 Å². The standard InChI is InChI=1S/C19H19IN4OS/c1-20-14-4-5-15(17(9-14)25-2)16-10-19(23-12-22-16)24-18-8-13(11-26-3)6-7-21-18/h4-10,12H,1,11H2,2-3H3,(H,21,22,23,24). The van der Waals surface area contributed by atoms with Gasteiger partial charge in [0, 0.05) is 27.1 Å². The van der Waals surface area contributed by atoms with Crippen molar-refractivity contribution in [3.63, 3.8) is 0 Å². The minimum atomic E-state index is -0.229. The van der Waals surface area contributed by atoms with Gasteiger partial charge in [-0.1, -0.05) is 25.2 Å². The smallest absolute Gasteiger partial charge is 0.135 e. The molecule has 0 spiro atoms. The molecule has 0 saturated carbocycles. The number of anilines is 2. The molecule has 0 unspecified atom stereocenters. The van der Waals surface area contributed by atoms with Gasteiger partial charge >= 0.3 is 0 Å². The Morgan fingerprint density at radius 3 is 2.73 bits per heavy atom. The molecule has 134 valence electrons. The van der Waals surface area contributed by atoms with E-state index in [-0.39, 0.29) is 20.7 Å². The third-order valence-electron chi connectivity index (χ3n) is 3.65. The van der Waals surface area contributed by atoms with Gasteiger partial charge in [-0.2, -0.15) is 11.8 Å². The predicted molar refractivity (Wildman–Crippen MR) is 119 cm³/mol. The minimum Gasteiger partial charge on any atom is -0.496 e. The number of hydrogen-bond donors (Lipinski definition) is 1. The summed E-state index contributed by atoms with van der Waals surface area (Å²) in [4.78, 5) is 13.1. The number of ether oxygens (including phenoxy) is 1. The first kappa shape index (κ1) is 18.8. The van der Waals surface area contributed by atoms with Crippen molar-refractivity contribution >= 4 is 48.6 Å². The number of methoxy groups -OCH3 is 1. The first-order valence-corrected chi connectivity index (χ1v) is 11.8. The van der Waals surface area contributed by atoms with Crippen molar-refractivity contribution in [2.75, 3.05) is 18.7 Å². The average molecular weight is 478 g/mol. The van der Waals surface area contributed by atoms with Crippen LogP contribution >= 0.6 is 32.5 Å².